The SMILES string of the molecule is Cc1cc2c(cc1F)nc(CCCl)n2CCN1CCCC1. The number of hydrogen-bond acceptors (Lipinski definition) is 2. The highest BCUT2D eigenvalue weighted by molar-refractivity contribution is 6.17. The molecule has 0 bridgehead atoms. The molecule has 0 spiro atoms. The average molecular weight is 310 g/mol. The lowest BCUT2D eigenvalue weighted by atomic mass is 10.2. The van der Waals surface area contributed by atoms with Gasteiger partial charge >= 0.3 is 0 Å². The number of halogens is 2. The first-order chi connectivity index (χ1) is 10.2. The van der Waals surface area contributed by atoms with Crippen LogP contribution in [0, 0.1) is 12.7 Å². The van der Waals surface area contributed by atoms with E-state index in [2.05, 4.69) is 14.5 Å². The normalized spacial score (nSPS) is 16.1. The molecule has 3 rings (SSSR count). The van der Waals surface area contributed by atoms with Gasteiger partial charge in [0.1, 0.15) is 11.6 Å². The Kier molecular flexibility index (Phi) is 4.45. The Morgan fingerprint density at radius 1 is 1.24 bits per heavy atom. The van der Waals surface area contributed by atoms with Crippen molar-refractivity contribution >= 4 is 22.6 Å². The van der Waals surface area contributed by atoms with Crippen LogP contribution in [0.25, 0.3) is 11.0 Å². The van der Waals surface area contributed by atoms with Gasteiger partial charge in [0.15, 0.2) is 0 Å². The average Bonchev–Trinajstić information content (AvgIpc) is 3.06. The van der Waals surface area contributed by atoms with Gasteiger partial charge in [-0.05, 0) is 44.5 Å². The summed E-state index contributed by atoms with van der Waals surface area (Å²) in [6.07, 6.45) is 3.31. The molecule has 0 aliphatic carbocycles. The molecule has 21 heavy (non-hydrogen) atoms. The van der Waals surface area contributed by atoms with Crippen LogP contribution in [0.4, 0.5) is 4.39 Å². The van der Waals surface area contributed by atoms with Gasteiger partial charge in [0, 0.05) is 31.5 Å². The molecule has 0 radical (unpaired) electrons. The Labute approximate surface area is 129 Å². The minimum absolute atomic E-state index is 0.191. The Morgan fingerprint density at radius 2 is 2.00 bits per heavy atom. The minimum atomic E-state index is -0.191. The molecule has 1 aliphatic rings. The summed E-state index contributed by atoms with van der Waals surface area (Å²) in [7, 11) is 0. The third-order valence-electron chi connectivity index (χ3n) is 4.26. The number of aromatic nitrogens is 2. The topological polar surface area (TPSA) is 21.1 Å². The number of aryl methyl sites for hydroxylation is 2. The van der Waals surface area contributed by atoms with Crippen LogP contribution in [-0.2, 0) is 13.0 Å². The van der Waals surface area contributed by atoms with Gasteiger partial charge in [-0.3, -0.25) is 0 Å². The predicted octanol–water partition coefficient (Wildman–Crippen LogP) is 3.36. The van der Waals surface area contributed by atoms with E-state index in [1.165, 1.54) is 32.0 Å². The molecule has 1 saturated heterocycles. The molecule has 114 valence electrons. The predicted molar refractivity (Wildman–Crippen MR) is 84.5 cm³/mol. The van der Waals surface area contributed by atoms with Crippen molar-refractivity contribution in [2.75, 3.05) is 25.5 Å². The molecular weight excluding hydrogens is 289 g/mol. The van der Waals surface area contributed by atoms with Crippen LogP contribution < -0.4 is 0 Å². The van der Waals surface area contributed by atoms with Gasteiger partial charge in [-0.2, -0.15) is 0 Å². The second-order valence-corrected chi connectivity index (χ2v) is 6.14. The summed E-state index contributed by atoms with van der Waals surface area (Å²) in [6.45, 7) is 6.09. The van der Waals surface area contributed by atoms with Gasteiger partial charge in [-0.15, -0.1) is 11.6 Å². The fourth-order valence-electron chi connectivity index (χ4n) is 3.07. The zero-order valence-corrected chi connectivity index (χ0v) is 13.2. The van der Waals surface area contributed by atoms with Crippen molar-refractivity contribution < 1.29 is 4.39 Å². The van der Waals surface area contributed by atoms with Crippen molar-refractivity contribution in [3.05, 3.63) is 29.3 Å². The molecule has 1 aliphatic heterocycles. The summed E-state index contributed by atoms with van der Waals surface area (Å²) in [5, 5.41) is 0. The summed E-state index contributed by atoms with van der Waals surface area (Å²) >= 11 is 5.89. The lowest BCUT2D eigenvalue weighted by molar-refractivity contribution is 0.322. The Balaban J connectivity index is 1.92. The van der Waals surface area contributed by atoms with Crippen LogP contribution in [0.1, 0.15) is 24.2 Å². The summed E-state index contributed by atoms with van der Waals surface area (Å²) in [5.74, 6) is 1.31. The first-order valence-electron chi connectivity index (χ1n) is 7.62. The first-order valence-corrected chi connectivity index (χ1v) is 8.16. The zero-order valence-electron chi connectivity index (χ0n) is 12.4. The van der Waals surface area contributed by atoms with Crippen molar-refractivity contribution in [1.29, 1.82) is 0 Å². The van der Waals surface area contributed by atoms with Crippen LogP contribution >= 0.6 is 11.6 Å². The van der Waals surface area contributed by atoms with E-state index in [0.29, 0.717) is 11.4 Å². The molecule has 2 aromatic rings. The van der Waals surface area contributed by atoms with Gasteiger partial charge in [0.25, 0.3) is 0 Å². The molecular formula is C16H21ClFN3. The number of alkyl halides is 1. The van der Waals surface area contributed by atoms with Crippen molar-refractivity contribution in [3.8, 4) is 0 Å². The number of fused-ring (bicyclic) bond motifs is 1. The Morgan fingerprint density at radius 3 is 2.71 bits per heavy atom. The van der Waals surface area contributed by atoms with Crippen LogP contribution in [-0.4, -0.2) is 40.0 Å². The monoisotopic (exact) mass is 309 g/mol. The number of benzene rings is 1. The minimum Gasteiger partial charge on any atom is -0.327 e. The zero-order chi connectivity index (χ0) is 14.8. The number of likely N-dealkylation sites (tertiary alicyclic amines) is 1. The van der Waals surface area contributed by atoms with Crippen LogP contribution in [0.2, 0.25) is 0 Å². The van der Waals surface area contributed by atoms with Crippen LogP contribution in [0.15, 0.2) is 12.1 Å². The van der Waals surface area contributed by atoms with Gasteiger partial charge in [0.05, 0.1) is 11.0 Å². The standard InChI is InChI=1S/C16H21ClFN3/c1-12-10-15-14(11-13(12)18)19-16(4-5-17)21(15)9-8-20-6-2-3-7-20/h10-11H,2-9H2,1H3. The number of imidazole rings is 1. The highest BCUT2D eigenvalue weighted by Gasteiger charge is 2.15. The second-order valence-electron chi connectivity index (χ2n) is 5.76. The molecule has 1 aromatic heterocycles. The Bertz CT molecular complexity index is 632. The largest absolute Gasteiger partial charge is 0.327 e. The molecule has 5 heteroatoms. The van der Waals surface area contributed by atoms with Crippen molar-refractivity contribution in [1.82, 2.24) is 14.5 Å². The lowest BCUT2D eigenvalue weighted by Crippen LogP contribution is -2.24. The van der Waals surface area contributed by atoms with Gasteiger partial charge in [0.2, 0.25) is 0 Å². The van der Waals surface area contributed by atoms with E-state index in [4.69, 9.17) is 11.6 Å². The highest BCUT2D eigenvalue weighted by Crippen LogP contribution is 2.21. The van der Waals surface area contributed by atoms with Crippen LogP contribution in [0.5, 0.6) is 0 Å². The fourth-order valence-corrected chi connectivity index (χ4v) is 3.24. The summed E-state index contributed by atoms with van der Waals surface area (Å²) in [5.41, 5.74) is 2.43. The van der Waals surface area contributed by atoms with E-state index in [-0.39, 0.29) is 5.82 Å². The van der Waals surface area contributed by atoms with Gasteiger partial charge in [-0.1, -0.05) is 0 Å². The van der Waals surface area contributed by atoms with E-state index >= 15 is 0 Å². The fraction of sp³-hybridized carbons (Fsp3) is 0.562. The third kappa shape index (κ3) is 3.06. The Hall–Kier alpha value is -1.13. The molecule has 2 heterocycles. The van der Waals surface area contributed by atoms with E-state index in [1.807, 2.05) is 6.07 Å². The van der Waals surface area contributed by atoms with Crippen molar-refractivity contribution in [2.45, 2.75) is 32.7 Å². The number of rotatable bonds is 5. The van der Waals surface area contributed by atoms with Gasteiger partial charge < -0.3 is 9.47 Å². The highest BCUT2D eigenvalue weighted by atomic mass is 35.5. The summed E-state index contributed by atoms with van der Waals surface area (Å²) in [4.78, 5) is 7.05. The van der Waals surface area contributed by atoms with E-state index in [9.17, 15) is 4.39 Å². The first kappa shape index (κ1) is 14.8. The molecule has 1 aromatic carbocycles. The molecule has 0 atom stereocenters. The molecule has 0 N–H and O–H groups in total. The van der Waals surface area contributed by atoms with Crippen molar-refractivity contribution in [2.24, 2.45) is 0 Å². The summed E-state index contributed by atoms with van der Waals surface area (Å²) < 4.78 is 15.9. The maximum Gasteiger partial charge on any atom is 0.128 e. The van der Waals surface area contributed by atoms with Crippen LogP contribution in [0.3, 0.4) is 0 Å². The quantitative estimate of drug-likeness (QED) is 0.790. The van der Waals surface area contributed by atoms with E-state index < -0.39 is 0 Å². The molecule has 0 saturated carbocycles. The maximum atomic E-state index is 13.7. The molecule has 3 nitrogen and oxygen atoms in total. The third-order valence-corrected chi connectivity index (χ3v) is 4.45. The van der Waals surface area contributed by atoms with E-state index in [1.54, 1.807) is 6.92 Å². The number of nitrogens with zero attached hydrogens (tertiary/aromatic N) is 3. The number of hydrogen-bond donors (Lipinski definition) is 0. The van der Waals surface area contributed by atoms with Crippen molar-refractivity contribution in [3.63, 3.8) is 0 Å². The lowest BCUT2D eigenvalue weighted by Gasteiger charge is -2.16. The molecule has 0 unspecified atom stereocenters. The van der Waals surface area contributed by atoms with Gasteiger partial charge in [-0.25, -0.2) is 9.37 Å². The maximum absolute atomic E-state index is 13.7. The smallest absolute Gasteiger partial charge is 0.128 e. The summed E-state index contributed by atoms with van der Waals surface area (Å²) in [6, 6.07) is 3.44. The molecule has 1 fully saturated rings. The second kappa shape index (κ2) is 6.32. The molecule has 0 amide bonds. The van der Waals surface area contributed by atoms with E-state index in [0.717, 1.165) is 36.4 Å².